The average Bonchev–Trinajstić information content (AvgIpc) is 2.98. The zero-order valence-electron chi connectivity index (χ0n) is 26.9. The normalized spacial score (nSPS) is 17.2. The van der Waals surface area contributed by atoms with E-state index in [0.717, 1.165) is 49.0 Å². The van der Waals surface area contributed by atoms with Gasteiger partial charge in [0.15, 0.2) is 5.78 Å². The van der Waals surface area contributed by atoms with Crippen molar-refractivity contribution in [3.05, 3.63) is 47.8 Å². The van der Waals surface area contributed by atoms with Crippen LogP contribution in [0.25, 0.3) is 11.1 Å². The van der Waals surface area contributed by atoms with Gasteiger partial charge in [-0.25, -0.2) is 0 Å². The number of aryl methyl sites for hydroxylation is 1. The Hall–Kier alpha value is -2.73. The van der Waals surface area contributed by atoms with Gasteiger partial charge in [-0.05, 0) is 42.4 Å². The molecule has 2 saturated heterocycles. The molecule has 3 heterocycles. The van der Waals surface area contributed by atoms with E-state index in [9.17, 15) is 9.59 Å². The average molecular weight is 554 g/mol. The van der Waals surface area contributed by atoms with Crippen molar-refractivity contribution < 1.29 is 14.3 Å². The van der Waals surface area contributed by atoms with Gasteiger partial charge in [-0.15, -0.1) is 0 Å². The SMILES string of the molecule is CC.CC.CCC1CCN(C)C(=O)C1.CCc1cccc(-c2cnc(C(=O)C(C)C)c(NC3(CC)COC3)c2)c1. The molecule has 1 aromatic carbocycles. The molecule has 1 aromatic heterocycles. The fraction of sp³-hybridized carbons (Fsp3) is 0.618. The summed E-state index contributed by atoms with van der Waals surface area (Å²) in [6, 6.07) is 10.5. The number of likely N-dealkylation sites (tertiary alicyclic amines) is 1. The molecule has 1 amide bonds. The molecule has 2 aliphatic heterocycles. The van der Waals surface area contributed by atoms with Crippen LogP contribution in [0.15, 0.2) is 36.5 Å². The molecule has 0 spiro atoms. The van der Waals surface area contributed by atoms with Crippen molar-refractivity contribution in [3.8, 4) is 11.1 Å². The van der Waals surface area contributed by atoms with Crippen LogP contribution in [0.5, 0.6) is 0 Å². The second-order valence-electron chi connectivity index (χ2n) is 10.5. The number of carbonyl (C=O) groups excluding carboxylic acids is 2. The van der Waals surface area contributed by atoms with Crippen LogP contribution >= 0.6 is 0 Å². The van der Waals surface area contributed by atoms with Crippen LogP contribution in [0, 0.1) is 11.8 Å². The van der Waals surface area contributed by atoms with E-state index in [-0.39, 0.29) is 17.2 Å². The highest BCUT2D eigenvalue weighted by molar-refractivity contribution is 6.01. The van der Waals surface area contributed by atoms with E-state index in [1.807, 2.05) is 59.7 Å². The molecule has 2 fully saturated rings. The molecule has 40 heavy (non-hydrogen) atoms. The number of benzene rings is 1. The van der Waals surface area contributed by atoms with Crippen LogP contribution in [-0.2, 0) is 16.0 Å². The molecule has 1 N–H and O–H groups in total. The van der Waals surface area contributed by atoms with Gasteiger partial charge in [0, 0.05) is 37.7 Å². The predicted octanol–water partition coefficient (Wildman–Crippen LogP) is 8.06. The minimum absolute atomic E-state index is 0.0628. The number of aromatic nitrogens is 1. The minimum Gasteiger partial charge on any atom is -0.376 e. The summed E-state index contributed by atoms with van der Waals surface area (Å²) in [5.41, 5.74) is 4.67. The van der Waals surface area contributed by atoms with Crippen LogP contribution in [0.1, 0.15) is 104 Å². The maximum absolute atomic E-state index is 12.7. The van der Waals surface area contributed by atoms with E-state index in [2.05, 4.69) is 61.4 Å². The molecule has 224 valence electrons. The van der Waals surface area contributed by atoms with Crippen molar-refractivity contribution in [2.75, 3.05) is 32.1 Å². The number of rotatable bonds is 8. The number of hydrogen-bond acceptors (Lipinski definition) is 5. The summed E-state index contributed by atoms with van der Waals surface area (Å²) in [7, 11) is 1.88. The van der Waals surface area contributed by atoms with Crippen LogP contribution < -0.4 is 5.32 Å². The van der Waals surface area contributed by atoms with Crippen LogP contribution in [-0.4, -0.2) is 53.9 Å². The molecule has 2 aliphatic rings. The number of nitrogens with one attached hydrogen (secondary N) is 1. The lowest BCUT2D eigenvalue weighted by Crippen LogP contribution is -2.55. The lowest BCUT2D eigenvalue weighted by molar-refractivity contribution is -0.133. The number of hydrogen-bond donors (Lipinski definition) is 1. The smallest absolute Gasteiger partial charge is 0.222 e. The zero-order valence-corrected chi connectivity index (χ0v) is 26.9. The predicted molar refractivity (Wildman–Crippen MR) is 169 cm³/mol. The number of Topliss-reactive ketones (excluding diaryl/α,β-unsaturated/α-hetero) is 1. The Labute approximate surface area is 244 Å². The third kappa shape index (κ3) is 9.72. The monoisotopic (exact) mass is 553 g/mol. The Morgan fingerprint density at radius 3 is 2.27 bits per heavy atom. The van der Waals surface area contributed by atoms with E-state index in [1.165, 1.54) is 12.0 Å². The van der Waals surface area contributed by atoms with Gasteiger partial charge >= 0.3 is 0 Å². The third-order valence-corrected chi connectivity index (χ3v) is 7.49. The highest BCUT2D eigenvalue weighted by atomic mass is 16.5. The molecule has 0 bridgehead atoms. The zero-order chi connectivity index (χ0) is 30.3. The summed E-state index contributed by atoms with van der Waals surface area (Å²) in [6.07, 6.45) is 6.86. The van der Waals surface area contributed by atoms with E-state index in [0.29, 0.717) is 30.7 Å². The summed E-state index contributed by atoms with van der Waals surface area (Å²) < 4.78 is 5.43. The first-order valence-corrected chi connectivity index (χ1v) is 15.4. The second-order valence-corrected chi connectivity index (χ2v) is 10.5. The van der Waals surface area contributed by atoms with Gasteiger partial charge < -0.3 is 15.0 Å². The van der Waals surface area contributed by atoms with Crippen LogP contribution in [0.3, 0.4) is 0 Å². The Balaban J connectivity index is 0.000000477. The number of carbonyl (C=O) groups is 2. The lowest BCUT2D eigenvalue weighted by atomic mass is 9.92. The Morgan fingerprint density at radius 1 is 1.10 bits per heavy atom. The summed E-state index contributed by atoms with van der Waals surface area (Å²) in [5.74, 6) is 0.946. The van der Waals surface area contributed by atoms with E-state index < -0.39 is 0 Å². The van der Waals surface area contributed by atoms with Crippen LogP contribution in [0.2, 0.25) is 0 Å². The van der Waals surface area contributed by atoms with Gasteiger partial charge in [0.05, 0.1) is 24.4 Å². The molecule has 0 saturated carbocycles. The fourth-order valence-electron chi connectivity index (χ4n) is 4.51. The van der Waals surface area contributed by atoms with Crippen LogP contribution in [0.4, 0.5) is 5.69 Å². The molecule has 0 aliphatic carbocycles. The first-order valence-electron chi connectivity index (χ1n) is 15.4. The second kappa shape index (κ2) is 17.9. The molecule has 1 atom stereocenters. The third-order valence-electron chi connectivity index (χ3n) is 7.49. The van der Waals surface area contributed by atoms with Crippen molar-refractivity contribution >= 4 is 17.4 Å². The molecule has 2 aromatic rings. The number of ketones is 1. The van der Waals surface area contributed by atoms with Crippen molar-refractivity contribution in [1.82, 2.24) is 9.88 Å². The molecular weight excluding hydrogens is 498 g/mol. The van der Waals surface area contributed by atoms with Gasteiger partial charge in [0.25, 0.3) is 0 Å². The van der Waals surface area contributed by atoms with Crippen molar-refractivity contribution in [2.24, 2.45) is 11.8 Å². The molecule has 6 heteroatoms. The first-order chi connectivity index (χ1) is 19.2. The largest absolute Gasteiger partial charge is 0.376 e. The minimum atomic E-state index is -0.0996. The Kier molecular flexibility index (Phi) is 15.8. The Morgan fingerprint density at radius 2 is 1.77 bits per heavy atom. The molecule has 4 rings (SSSR count). The number of piperidine rings is 1. The fourth-order valence-corrected chi connectivity index (χ4v) is 4.51. The van der Waals surface area contributed by atoms with Crippen molar-refractivity contribution in [3.63, 3.8) is 0 Å². The number of anilines is 1. The first kappa shape index (κ1) is 35.3. The Bertz CT molecular complexity index is 1040. The highest BCUT2D eigenvalue weighted by Crippen LogP contribution is 2.32. The quantitative estimate of drug-likeness (QED) is 0.335. The molecule has 6 nitrogen and oxygen atoms in total. The number of nitrogens with zero attached hydrogens (tertiary/aromatic N) is 2. The van der Waals surface area contributed by atoms with Gasteiger partial charge in [-0.1, -0.05) is 93.0 Å². The maximum atomic E-state index is 12.7. The standard InChI is InChI=1S/C22H28N2O2.C8H15NO.2C2H6/c1-5-16-8-7-9-17(10-16)18-11-19(24-22(6-2)13-26-14-22)20(23-12-18)21(25)15(3)4;1-3-7-4-5-9(2)8(10)6-7;2*1-2/h7-12,15,24H,5-6,13-14H2,1-4H3;7H,3-6H2,1-2H3;2*1-2H3. The summed E-state index contributed by atoms with van der Waals surface area (Å²) >= 11 is 0. The molecule has 0 radical (unpaired) electrons. The van der Waals surface area contributed by atoms with E-state index >= 15 is 0 Å². The van der Waals surface area contributed by atoms with Gasteiger partial charge in [0.1, 0.15) is 5.69 Å². The highest BCUT2D eigenvalue weighted by Gasteiger charge is 2.37. The number of ether oxygens (including phenoxy) is 1. The summed E-state index contributed by atoms with van der Waals surface area (Å²) in [6.45, 7) is 20.5. The molecule has 1 unspecified atom stereocenters. The van der Waals surface area contributed by atoms with Gasteiger partial charge in [0.2, 0.25) is 5.91 Å². The van der Waals surface area contributed by atoms with E-state index in [4.69, 9.17) is 4.74 Å². The lowest BCUT2D eigenvalue weighted by Gasteiger charge is -2.42. The van der Waals surface area contributed by atoms with Gasteiger partial charge in [-0.3, -0.25) is 14.6 Å². The van der Waals surface area contributed by atoms with Gasteiger partial charge in [-0.2, -0.15) is 0 Å². The van der Waals surface area contributed by atoms with E-state index in [1.54, 1.807) is 0 Å². The summed E-state index contributed by atoms with van der Waals surface area (Å²) in [4.78, 5) is 30.1. The topological polar surface area (TPSA) is 71.5 Å². The summed E-state index contributed by atoms with van der Waals surface area (Å²) in [5, 5.41) is 3.58. The number of pyridine rings is 1. The van der Waals surface area contributed by atoms with Crippen molar-refractivity contribution in [1.29, 1.82) is 0 Å². The maximum Gasteiger partial charge on any atom is 0.222 e. The van der Waals surface area contributed by atoms with Crippen molar-refractivity contribution in [2.45, 2.75) is 100.0 Å². The molecular formula is C34H55N3O3. The number of amides is 1.